The molecular formula is C18H22N6OS. The molecule has 136 valence electrons. The van der Waals surface area contributed by atoms with Crippen molar-refractivity contribution in [3.8, 4) is 5.69 Å². The zero-order chi connectivity index (χ0) is 18.5. The normalized spacial score (nSPS) is 13.3. The van der Waals surface area contributed by atoms with Crippen LogP contribution in [0.5, 0.6) is 0 Å². The molecule has 0 aliphatic carbocycles. The molecule has 0 unspecified atom stereocenters. The Balaban J connectivity index is 1.70. The van der Waals surface area contributed by atoms with Gasteiger partial charge in [-0.25, -0.2) is 4.68 Å². The number of para-hydroxylation sites is 1. The molecule has 0 radical (unpaired) electrons. The topological polar surface area (TPSA) is 77.6 Å². The van der Waals surface area contributed by atoms with Crippen LogP contribution in [0.25, 0.3) is 5.69 Å². The number of carbonyl (C=O) groups is 1. The van der Waals surface area contributed by atoms with Crippen LogP contribution in [0.3, 0.4) is 0 Å². The maximum Gasteiger partial charge on any atom is 0.238 e. The van der Waals surface area contributed by atoms with Gasteiger partial charge in [-0.05, 0) is 32.4 Å². The number of benzene rings is 1. The number of nitrogens with zero attached hydrogens (tertiary/aromatic N) is 5. The molecule has 0 spiro atoms. The molecule has 0 aliphatic heterocycles. The van der Waals surface area contributed by atoms with Gasteiger partial charge >= 0.3 is 0 Å². The molecule has 2 aromatic heterocycles. The van der Waals surface area contributed by atoms with Gasteiger partial charge in [-0.1, -0.05) is 36.9 Å². The molecule has 2 heterocycles. The monoisotopic (exact) mass is 370 g/mol. The highest BCUT2D eigenvalue weighted by atomic mass is 32.2. The van der Waals surface area contributed by atoms with Gasteiger partial charge in [-0.15, -0.1) is 10.2 Å². The number of aromatic nitrogens is 5. The summed E-state index contributed by atoms with van der Waals surface area (Å²) in [6.45, 7) is 6.02. The van der Waals surface area contributed by atoms with Crippen LogP contribution in [-0.2, 0) is 4.79 Å². The summed E-state index contributed by atoms with van der Waals surface area (Å²) in [6.07, 6.45) is 4.29. The van der Waals surface area contributed by atoms with E-state index in [1.807, 2.05) is 52.6 Å². The van der Waals surface area contributed by atoms with Gasteiger partial charge in [-0.3, -0.25) is 9.36 Å². The summed E-state index contributed by atoms with van der Waals surface area (Å²) in [7, 11) is 0. The van der Waals surface area contributed by atoms with Crippen LogP contribution in [0.2, 0.25) is 0 Å². The molecule has 1 amide bonds. The Kier molecular flexibility index (Phi) is 5.72. The Morgan fingerprint density at radius 2 is 2.00 bits per heavy atom. The minimum atomic E-state index is -0.332. The first-order chi connectivity index (χ1) is 12.6. The minimum absolute atomic E-state index is 0.0948. The summed E-state index contributed by atoms with van der Waals surface area (Å²) >= 11 is 1.37. The lowest BCUT2D eigenvalue weighted by Gasteiger charge is -2.16. The molecule has 3 rings (SSSR count). The third-order valence-electron chi connectivity index (χ3n) is 4.13. The van der Waals surface area contributed by atoms with Gasteiger partial charge in [-0.2, -0.15) is 5.10 Å². The van der Waals surface area contributed by atoms with E-state index < -0.39 is 0 Å². The second kappa shape index (κ2) is 8.18. The molecular weight excluding hydrogens is 348 g/mol. The van der Waals surface area contributed by atoms with Crippen molar-refractivity contribution in [3.05, 3.63) is 48.9 Å². The average molecular weight is 370 g/mol. The van der Waals surface area contributed by atoms with Gasteiger partial charge in [0.15, 0.2) is 5.16 Å². The molecule has 0 bridgehead atoms. The molecule has 0 saturated heterocycles. The first-order valence-corrected chi connectivity index (χ1v) is 9.44. The molecule has 1 aromatic carbocycles. The predicted molar refractivity (Wildman–Crippen MR) is 103 cm³/mol. The number of carbonyl (C=O) groups excluding carboxylic acids is 1. The van der Waals surface area contributed by atoms with Gasteiger partial charge < -0.3 is 5.32 Å². The van der Waals surface area contributed by atoms with Crippen molar-refractivity contribution in [2.45, 2.75) is 43.6 Å². The summed E-state index contributed by atoms with van der Waals surface area (Å²) in [5.41, 5.74) is 0.961. The van der Waals surface area contributed by atoms with E-state index in [1.54, 1.807) is 12.5 Å². The summed E-state index contributed by atoms with van der Waals surface area (Å²) in [6, 6.07) is 11.9. The molecule has 26 heavy (non-hydrogen) atoms. The van der Waals surface area contributed by atoms with E-state index in [-0.39, 0.29) is 17.2 Å². The van der Waals surface area contributed by atoms with Gasteiger partial charge in [0.1, 0.15) is 12.1 Å². The minimum Gasteiger partial charge on any atom is -0.310 e. The van der Waals surface area contributed by atoms with Crippen LogP contribution in [0.1, 0.15) is 33.2 Å². The van der Waals surface area contributed by atoms with Crippen molar-refractivity contribution >= 4 is 23.5 Å². The first kappa shape index (κ1) is 18.2. The molecule has 7 nitrogen and oxygen atoms in total. The quantitative estimate of drug-likeness (QED) is 0.644. The van der Waals surface area contributed by atoms with Gasteiger partial charge in [0.05, 0.1) is 17.5 Å². The first-order valence-electron chi connectivity index (χ1n) is 8.56. The lowest BCUT2D eigenvalue weighted by Crippen LogP contribution is -2.25. The van der Waals surface area contributed by atoms with Gasteiger partial charge in [0, 0.05) is 11.8 Å². The van der Waals surface area contributed by atoms with E-state index in [1.165, 1.54) is 11.8 Å². The third-order valence-corrected chi connectivity index (χ3v) is 5.19. The Morgan fingerprint density at radius 1 is 1.23 bits per heavy atom. The van der Waals surface area contributed by atoms with E-state index >= 15 is 0 Å². The highest BCUT2D eigenvalue weighted by molar-refractivity contribution is 8.00. The van der Waals surface area contributed by atoms with E-state index in [0.29, 0.717) is 11.0 Å². The van der Waals surface area contributed by atoms with Crippen molar-refractivity contribution in [2.24, 2.45) is 0 Å². The van der Waals surface area contributed by atoms with Crippen molar-refractivity contribution in [3.63, 3.8) is 0 Å². The Hall–Kier alpha value is -2.61. The van der Waals surface area contributed by atoms with E-state index in [2.05, 4.69) is 34.5 Å². The van der Waals surface area contributed by atoms with Crippen molar-refractivity contribution in [1.82, 2.24) is 24.5 Å². The molecule has 2 atom stereocenters. The van der Waals surface area contributed by atoms with Gasteiger partial charge in [0.2, 0.25) is 5.91 Å². The van der Waals surface area contributed by atoms with Crippen molar-refractivity contribution < 1.29 is 4.79 Å². The van der Waals surface area contributed by atoms with Crippen molar-refractivity contribution in [1.29, 1.82) is 0 Å². The molecule has 1 N–H and O–H groups in total. The number of hydrogen-bond donors (Lipinski definition) is 1. The Bertz CT molecular complexity index is 859. The summed E-state index contributed by atoms with van der Waals surface area (Å²) < 4.78 is 3.71. The lowest BCUT2D eigenvalue weighted by molar-refractivity contribution is -0.115. The summed E-state index contributed by atoms with van der Waals surface area (Å²) in [5.74, 6) is 0.615. The van der Waals surface area contributed by atoms with Gasteiger partial charge in [0.25, 0.3) is 0 Å². The molecule has 0 fully saturated rings. The zero-order valence-electron chi connectivity index (χ0n) is 15.0. The number of amides is 1. The zero-order valence-corrected chi connectivity index (χ0v) is 15.8. The van der Waals surface area contributed by atoms with E-state index in [4.69, 9.17) is 0 Å². The van der Waals surface area contributed by atoms with Crippen LogP contribution in [-0.4, -0.2) is 35.7 Å². The smallest absolute Gasteiger partial charge is 0.238 e. The highest BCUT2D eigenvalue weighted by Crippen LogP contribution is 2.25. The third kappa shape index (κ3) is 3.96. The Labute approximate surface area is 156 Å². The van der Waals surface area contributed by atoms with Crippen LogP contribution in [0, 0.1) is 0 Å². The highest BCUT2D eigenvalue weighted by Gasteiger charge is 2.20. The fourth-order valence-corrected chi connectivity index (χ4v) is 3.29. The van der Waals surface area contributed by atoms with E-state index in [0.717, 1.165) is 12.1 Å². The molecule has 0 aliphatic rings. The van der Waals surface area contributed by atoms with E-state index in [9.17, 15) is 4.79 Å². The van der Waals surface area contributed by atoms with Crippen LogP contribution in [0.4, 0.5) is 5.82 Å². The summed E-state index contributed by atoms with van der Waals surface area (Å²) in [5, 5.41) is 15.7. The van der Waals surface area contributed by atoms with Crippen LogP contribution in [0.15, 0.2) is 54.1 Å². The fourth-order valence-electron chi connectivity index (χ4n) is 2.45. The Morgan fingerprint density at radius 3 is 2.73 bits per heavy atom. The number of anilines is 1. The number of nitrogens with one attached hydrogen (secondary N) is 1. The van der Waals surface area contributed by atoms with Crippen LogP contribution >= 0.6 is 11.8 Å². The maximum atomic E-state index is 12.6. The number of rotatable bonds is 7. The molecule has 0 saturated carbocycles. The largest absolute Gasteiger partial charge is 0.310 e. The van der Waals surface area contributed by atoms with Crippen LogP contribution < -0.4 is 5.32 Å². The predicted octanol–water partition coefficient (Wildman–Crippen LogP) is 3.55. The standard InChI is InChI=1S/C18H22N6OS/c1-4-13(2)24-16(10-11-20-24)21-17(25)14(3)26-18-22-19-12-23(18)15-8-6-5-7-9-15/h5-14H,4H2,1-3H3,(H,21,25)/t13-,14-/m0/s1. The SMILES string of the molecule is CC[C@H](C)n1nccc1NC(=O)[C@H](C)Sc1nncn1-c1ccccc1. The fraction of sp³-hybridized carbons (Fsp3) is 0.333. The second-order valence-electron chi connectivity index (χ2n) is 5.99. The molecule has 3 aromatic rings. The maximum absolute atomic E-state index is 12.6. The van der Waals surface area contributed by atoms with Crippen molar-refractivity contribution in [2.75, 3.05) is 5.32 Å². The summed E-state index contributed by atoms with van der Waals surface area (Å²) in [4.78, 5) is 12.6. The lowest BCUT2D eigenvalue weighted by atomic mass is 10.3. The number of hydrogen-bond acceptors (Lipinski definition) is 5. The molecule has 8 heteroatoms. The number of thioether (sulfide) groups is 1. The second-order valence-corrected chi connectivity index (χ2v) is 7.29. The average Bonchev–Trinajstić information content (AvgIpc) is 3.31.